The van der Waals surface area contributed by atoms with Crippen molar-refractivity contribution in [2.75, 3.05) is 33.2 Å². The highest BCUT2D eigenvalue weighted by Crippen LogP contribution is 2.19. The number of carbonyl (C=O) groups is 1. The first kappa shape index (κ1) is 15.4. The number of carbonyl (C=O) groups excluding carboxylic acids is 1. The summed E-state index contributed by atoms with van der Waals surface area (Å²) in [5.74, 6) is 1.03. The van der Waals surface area contributed by atoms with Crippen LogP contribution in [0.5, 0.6) is 0 Å². The molecule has 0 saturated carbocycles. The molecule has 2 N–H and O–H groups in total. The molecule has 1 heterocycles. The minimum Gasteiger partial charge on any atom is -0.343 e. The Morgan fingerprint density at radius 2 is 2.00 bits per heavy atom. The Kier molecular flexibility index (Phi) is 6.65. The van der Waals surface area contributed by atoms with Crippen LogP contribution in [-0.2, 0) is 4.79 Å². The minimum atomic E-state index is 0.288. The third kappa shape index (κ3) is 4.94. The Morgan fingerprint density at radius 1 is 1.39 bits per heavy atom. The summed E-state index contributed by atoms with van der Waals surface area (Å²) in [5.41, 5.74) is 5.44. The molecule has 1 rings (SSSR count). The highest BCUT2D eigenvalue weighted by atomic mass is 16.2. The van der Waals surface area contributed by atoms with E-state index in [0.29, 0.717) is 19.0 Å². The van der Waals surface area contributed by atoms with Crippen LogP contribution in [0.2, 0.25) is 0 Å². The summed E-state index contributed by atoms with van der Waals surface area (Å²) in [5, 5.41) is 0. The molecule has 0 atom stereocenters. The number of hydrogen-bond acceptors (Lipinski definition) is 3. The average Bonchev–Trinajstić information content (AvgIpc) is 2.36. The number of nitrogens with two attached hydrogens (primary N) is 1. The van der Waals surface area contributed by atoms with Crippen molar-refractivity contribution >= 4 is 5.91 Å². The fraction of sp³-hybridized carbons (Fsp3) is 0.929. The molecule has 4 nitrogen and oxygen atoms in total. The SMILES string of the molecule is CC(C)N(C)CC1CCN(C(=O)CCCN)CC1. The van der Waals surface area contributed by atoms with Crippen molar-refractivity contribution in [1.29, 1.82) is 0 Å². The number of nitrogens with zero attached hydrogens (tertiary/aromatic N) is 2. The van der Waals surface area contributed by atoms with Gasteiger partial charge < -0.3 is 15.5 Å². The largest absolute Gasteiger partial charge is 0.343 e. The average molecular weight is 255 g/mol. The maximum atomic E-state index is 11.9. The van der Waals surface area contributed by atoms with Crippen molar-refractivity contribution in [2.24, 2.45) is 11.7 Å². The van der Waals surface area contributed by atoms with Gasteiger partial charge in [0.15, 0.2) is 0 Å². The Bertz CT molecular complexity index is 247. The number of hydrogen-bond donors (Lipinski definition) is 1. The second kappa shape index (κ2) is 7.74. The topological polar surface area (TPSA) is 49.6 Å². The third-order valence-electron chi connectivity index (χ3n) is 3.99. The zero-order valence-electron chi connectivity index (χ0n) is 12.2. The molecule has 1 saturated heterocycles. The fourth-order valence-electron chi connectivity index (χ4n) is 2.39. The summed E-state index contributed by atoms with van der Waals surface area (Å²) < 4.78 is 0. The van der Waals surface area contributed by atoms with Gasteiger partial charge in [-0.15, -0.1) is 0 Å². The lowest BCUT2D eigenvalue weighted by molar-refractivity contribution is -0.132. The first-order valence-corrected chi connectivity index (χ1v) is 7.22. The highest BCUT2D eigenvalue weighted by Gasteiger charge is 2.23. The third-order valence-corrected chi connectivity index (χ3v) is 3.99. The van der Waals surface area contributed by atoms with E-state index in [0.717, 1.165) is 44.8 Å². The maximum absolute atomic E-state index is 11.9. The molecule has 4 heteroatoms. The van der Waals surface area contributed by atoms with E-state index in [4.69, 9.17) is 5.73 Å². The van der Waals surface area contributed by atoms with Gasteiger partial charge in [0.2, 0.25) is 5.91 Å². The van der Waals surface area contributed by atoms with E-state index in [1.165, 1.54) is 0 Å². The number of rotatable bonds is 6. The van der Waals surface area contributed by atoms with Crippen LogP contribution in [0.15, 0.2) is 0 Å². The lowest BCUT2D eigenvalue weighted by atomic mass is 9.95. The van der Waals surface area contributed by atoms with Crippen LogP contribution in [0.1, 0.15) is 39.5 Å². The molecule has 1 amide bonds. The van der Waals surface area contributed by atoms with Gasteiger partial charge in [-0.2, -0.15) is 0 Å². The second-order valence-electron chi connectivity index (χ2n) is 5.75. The van der Waals surface area contributed by atoms with Crippen LogP contribution in [0, 0.1) is 5.92 Å². The molecule has 106 valence electrons. The van der Waals surface area contributed by atoms with Crippen LogP contribution in [0.25, 0.3) is 0 Å². The predicted molar refractivity (Wildman–Crippen MR) is 75.4 cm³/mol. The summed E-state index contributed by atoms with van der Waals surface area (Å²) in [6.07, 6.45) is 3.72. The van der Waals surface area contributed by atoms with Gasteiger partial charge in [-0.05, 0) is 52.6 Å². The normalized spacial score (nSPS) is 17.8. The summed E-state index contributed by atoms with van der Waals surface area (Å²) in [4.78, 5) is 16.3. The van der Waals surface area contributed by atoms with Gasteiger partial charge in [0.25, 0.3) is 0 Å². The van der Waals surface area contributed by atoms with Crippen molar-refractivity contribution in [3.05, 3.63) is 0 Å². The van der Waals surface area contributed by atoms with E-state index >= 15 is 0 Å². The van der Waals surface area contributed by atoms with Gasteiger partial charge in [0, 0.05) is 32.1 Å². The molecule has 18 heavy (non-hydrogen) atoms. The van der Waals surface area contributed by atoms with Crippen molar-refractivity contribution in [3.8, 4) is 0 Å². The molecule has 1 fully saturated rings. The van der Waals surface area contributed by atoms with Gasteiger partial charge in [-0.25, -0.2) is 0 Å². The molecule has 0 aromatic rings. The van der Waals surface area contributed by atoms with Crippen molar-refractivity contribution in [3.63, 3.8) is 0 Å². The number of likely N-dealkylation sites (tertiary alicyclic amines) is 1. The lowest BCUT2D eigenvalue weighted by Gasteiger charge is -2.35. The first-order valence-electron chi connectivity index (χ1n) is 7.22. The smallest absolute Gasteiger partial charge is 0.222 e. The van der Waals surface area contributed by atoms with Gasteiger partial charge >= 0.3 is 0 Å². The quantitative estimate of drug-likeness (QED) is 0.778. The van der Waals surface area contributed by atoms with Crippen molar-refractivity contribution in [2.45, 2.75) is 45.6 Å². The van der Waals surface area contributed by atoms with Gasteiger partial charge in [0.05, 0.1) is 0 Å². The molecule has 1 aliphatic rings. The van der Waals surface area contributed by atoms with Crippen LogP contribution in [0.4, 0.5) is 0 Å². The van der Waals surface area contributed by atoms with Crippen molar-refractivity contribution in [1.82, 2.24) is 9.80 Å². The van der Waals surface area contributed by atoms with E-state index in [2.05, 4.69) is 25.8 Å². The van der Waals surface area contributed by atoms with E-state index < -0.39 is 0 Å². The molecule has 0 aromatic heterocycles. The molecule has 0 spiro atoms. The van der Waals surface area contributed by atoms with Crippen LogP contribution in [-0.4, -0.2) is 55.0 Å². The predicted octanol–water partition coefficient (Wildman–Crippen LogP) is 1.30. The molecule has 0 bridgehead atoms. The highest BCUT2D eigenvalue weighted by molar-refractivity contribution is 5.76. The standard InChI is InChI=1S/C14H29N3O/c1-12(2)16(3)11-13-6-9-17(10-7-13)14(18)5-4-8-15/h12-13H,4-11,15H2,1-3H3. The second-order valence-corrected chi connectivity index (χ2v) is 5.75. The monoisotopic (exact) mass is 255 g/mol. The van der Waals surface area contributed by atoms with E-state index in [-0.39, 0.29) is 5.91 Å². The first-order chi connectivity index (χ1) is 8.54. The van der Waals surface area contributed by atoms with Gasteiger partial charge in [-0.3, -0.25) is 4.79 Å². The van der Waals surface area contributed by atoms with Crippen LogP contribution in [0.3, 0.4) is 0 Å². The Morgan fingerprint density at radius 3 is 2.50 bits per heavy atom. The Hall–Kier alpha value is -0.610. The number of piperidine rings is 1. The van der Waals surface area contributed by atoms with Gasteiger partial charge in [-0.1, -0.05) is 0 Å². The molecule has 0 radical (unpaired) electrons. The molecule has 0 unspecified atom stereocenters. The maximum Gasteiger partial charge on any atom is 0.222 e. The van der Waals surface area contributed by atoms with E-state index in [9.17, 15) is 4.79 Å². The Labute approximate surface area is 111 Å². The van der Waals surface area contributed by atoms with E-state index in [1.807, 2.05) is 4.90 Å². The summed E-state index contributed by atoms with van der Waals surface area (Å²) >= 11 is 0. The van der Waals surface area contributed by atoms with Crippen molar-refractivity contribution < 1.29 is 4.79 Å². The zero-order valence-corrected chi connectivity index (χ0v) is 12.2. The summed E-state index contributed by atoms with van der Waals surface area (Å²) in [6, 6.07) is 0.606. The van der Waals surface area contributed by atoms with Gasteiger partial charge in [0.1, 0.15) is 0 Å². The number of amides is 1. The molecular weight excluding hydrogens is 226 g/mol. The fourth-order valence-corrected chi connectivity index (χ4v) is 2.39. The summed E-state index contributed by atoms with van der Waals surface area (Å²) in [7, 11) is 2.18. The Balaban J connectivity index is 2.26. The zero-order chi connectivity index (χ0) is 13.5. The molecule has 1 aliphatic heterocycles. The molecule has 0 aromatic carbocycles. The lowest BCUT2D eigenvalue weighted by Crippen LogP contribution is -2.42. The van der Waals surface area contributed by atoms with Crippen LogP contribution < -0.4 is 5.73 Å². The van der Waals surface area contributed by atoms with Crippen LogP contribution >= 0.6 is 0 Å². The van der Waals surface area contributed by atoms with E-state index in [1.54, 1.807) is 0 Å². The minimum absolute atomic E-state index is 0.288. The summed E-state index contributed by atoms with van der Waals surface area (Å²) in [6.45, 7) is 8.08. The molecule has 0 aliphatic carbocycles. The molecular formula is C14H29N3O.